The average molecular weight is 510 g/mol. The highest BCUT2D eigenvalue weighted by Crippen LogP contribution is 2.20. The molecular weight excluding hydrogens is 478 g/mol. The van der Waals surface area contributed by atoms with E-state index < -0.39 is 0 Å². The first-order valence-electron chi connectivity index (χ1n) is 13.0. The molecule has 1 fully saturated rings. The van der Waals surface area contributed by atoms with Crippen molar-refractivity contribution in [1.29, 1.82) is 5.26 Å². The molecule has 0 radical (unpaired) electrons. The van der Waals surface area contributed by atoms with Gasteiger partial charge in [0.1, 0.15) is 6.07 Å². The number of anilines is 1. The molecule has 0 spiro atoms. The van der Waals surface area contributed by atoms with Crippen LogP contribution < -0.4 is 10.6 Å². The first kappa shape index (κ1) is 25.4. The van der Waals surface area contributed by atoms with Gasteiger partial charge < -0.3 is 20.4 Å². The van der Waals surface area contributed by atoms with Crippen molar-refractivity contribution in [2.45, 2.75) is 12.8 Å². The summed E-state index contributed by atoms with van der Waals surface area (Å²) < 4.78 is 5.39. The van der Waals surface area contributed by atoms with Crippen LogP contribution in [-0.4, -0.2) is 71.7 Å². The largest absolute Gasteiger partial charge is 0.379 e. The molecule has 2 aromatic heterocycles. The van der Waals surface area contributed by atoms with Crippen LogP contribution in [0.1, 0.15) is 27.9 Å². The van der Waals surface area contributed by atoms with Gasteiger partial charge in [0, 0.05) is 60.6 Å². The minimum atomic E-state index is -0.123. The van der Waals surface area contributed by atoms with Gasteiger partial charge >= 0.3 is 0 Å². The maximum Gasteiger partial charge on any atom is 0.251 e. The second-order valence-electron chi connectivity index (χ2n) is 9.28. The summed E-state index contributed by atoms with van der Waals surface area (Å²) in [5.41, 5.74) is 4.95. The fraction of sp³-hybridized carbons (Fsp3) is 0.310. The molecule has 194 valence electrons. The van der Waals surface area contributed by atoms with Crippen LogP contribution in [0, 0.1) is 11.3 Å². The lowest BCUT2D eigenvalue weighted by molar-refractivity contribution is 0.0378. The van der Waals surface area contributed by atoms with E-state index >= 15 is 0 Å². The predicted molar refractivity (Wildman–Crippen MR) is 147 cm³/mol. The molecule has 1 aliphatic rings. The molecule has 0 unspecified atom stereocenters. The topological polar surface area (TPSA) is 119 Å². The van der Waals surface area contributed by atoms with Crippen LogP contribution in [0.5, 0.6) is 0 Å². The molecule has 38 heavy (non-hydrogen) atoms. The lowest BCUT2D eigenvalue weighted by Crippen LogP contribution is -2.37. The van der Waals surface area contributed by atoms with Crippen molar-refractivity contribution in [1.82, 2.24) is 25.2 Å². The maximum atomic E-state index is 12.7. The molecule has 2 aromatic carbocycles. The quantitative estimate of drug-likeness (QED) is 0.280. The number of amides is 1. The number of hydrogen-bond donors (Lipinski definition) is 3. The number of rotatable bonds is 10. The number of carbonyl (C=O) groups is 1. The van der Waals surface area contributed by atoms with Crippen LogP contribution in [0.3, 0.4) is 0 Å². The number of nitrogens with one attached hydrogen (secondary N) is 3. The summed E-state index contributed by atoms with van der Waals surface area (Å²) >= 11 is 0. The molecule has 1 saturated heterocycles. The molecule has 3 heterocycles. The number of aromatic amines is 1. The molecule has 0 atom stereocenters. The van der Waals surface area contributed by atoms with E-state index in [9.17, 15) is 10.1 Å². The van der Waals surface area contributed by atoms with Gasteiger partial charge in [-0.1, -0.05) is 18.2 Å². The summed E-state index contributed by atoms with van der Waals surface area (Å²) in [4.78, 5) is 27.1. The molecular formula is C29H31N7O2. The van der Waals surface area contributed by atoms with Crippen LogP contribution in [0.25, 0.3) is 22.2 Å². The predicted octanol–water partition coefficient (Wildman–Crippen LogP) is 3.60. The molecule has 4 aromatic rings. The van der Waals surface area contributed by atoms with E-state index in [-0.39, 0.29) is 5.91 Å². The van der Waals surface area contributed by atoms with Crippen molar-refractivity contribution in [3.05, 3.63) is 77.6 Å². The number of carbonyl (C=O) groups excluding carboxylic acids is 1. The van der Waals surface area contributed by atoms with E-state index in [4.69, 9.17) is 4.74 Å². The fourth-order valence-electron chi connectivity index (χ4n) is 4.56. The Morgan fingerprint density at radius 2 is 1.95 bits per heavy atom. The van der Waals surface area contributed by atoms with Crippen molar-refractivity contribution >= 4 is 22.8 Å². The summed E-state index contributed by atoms with van der Waals surface area (Å²) in [7, 11) is 0. The highest BCUT2D eigenvalue weighted by atomic mass is 16.5. The van der Waals surface area contributed by atoms with Crippen LogP contribution in [0.2, 0.25) is 0 Å². The Morgan fingerprint density at radius 3 is 2.76 bits per heavy atom. The number of H-pyrrole nitrogens is 1. The number of hydrogen-bond acceptors (Lipinski definition) is 7. The van der Waals surface area contributed by atoms with Crippen LogP contribution >= 0.6 is 0 Å². The van der Waals surface area contributed by atoms with Crippen LogP contribution in [0.4, 0.5) is 5.95 Å². The number of nitriles is 1. The zero-order chi connectivity index (χ0) is 26.2. The molecule has 3 N–H and O–H groups in total. The minimum Gasteiger partial charge on any atom is -0.379 e. The Bertz CT molecular complexity index is 1420. The Balaban J connectivity index is 1.10. The van der Waals surface area contributed by atoms with E-state index in [1.165, 1.54) is 0 Å². The van der Waals surface area contributed by atoms with E-state index in [2.05, 4.69) is 36.6 Å². The lowest BCUT2D eigenvalue weighted by atomic mass is 10.1. The second-order valence-corrected chi connectivity index (χ2v) is 9.28. The zero-order valence-electron chi connectivity index (χ0n) is 21.2. The lowest BCUT2D eigenvalue weighted by Gasteiger charge is -2.26. The van der Waals surface area contributed by atoms with E-state index in [0.717, 1.165) is 73.5 Å². The molecule has 1 amide bonds. The zero-order valence-corrected chi connectivity index (χ0v) is 21.2. The van der Waals surface area contributed by atoms with Gasteiger partial charge in [-0.2, -0.15) is 5.26 Å². The standard InChI is InChI=1S/C29H31N7O2/c30-19-24-20-34-27-7-2-21(18-25(24)27)8-11-31-28(37)23-5-3-22(4-6-23)26-9-12-33-29(35-26)32-10-1-13-36-14-16-38-17-15-36/h2-7,9,12,18,20,34H,1,8,10-11,13-17H2,(H,31,37)(H,32,33,35). The first-order valence-corrected chi connectivity index (χ1v) is 13.0. The maximum absolute atomic E-state index is 12.7. The van der Waals surface area contributed by atoms with Gasteiger partial charge in [-0.15, -0.1) is 0 Å². The summed E-state index contributed by atoms with van der Waals surface area (Å²) in [5, 5.41) is 16.4. The third kappa shape index (κ3) is 6.35. The second kappa shape index (κ2) is 12.3. The number of benzene rings is 2. The average Bonchev–Trinajstić information content (AvgIpc) is 3.38. The van der Waals surface area contributed by atoms with Crippen LogP contribution in [0.15, 0.2) is 60.9 Å². The van der Waals surface area contributed by atoms with E-state index in [1.54, 1.807) is 12.4 Å². The van der Waals surface area contributed by atoms with Gasteiger partial charge in [0.25, 0.3) is 5.91 Å². The van der Waals surface area contributed by atoms with E-state index in [0.29, 0.717) is 30.0 Å². The first-order chi connectivity index (χ1) is 18.7. The molecule has 0 saturated carbocycles. The number of ether oxygens (including phenoxy) is 1. The molecule has 0 bridgehead atoms. The monoisotopic (exact) mass is 509 g/mol. The van der Waals surface area contributed by atoms with Crippen LogP contribution in [-0.2, 0) is 11.2 Å². The highest BCUT2D eigenvalue weighted by Gasteiger charge is 2.10. The summed E-state index contributed by atoms with van der Waals surface area (Å²) in [5.74, 6) is 0.480. The number of aromatic nitrogens is 3. The third-order valence-electron chi connectivity index (χ3n) is 6.70. The van der Waals surface area contributed by atoms with Gasteiger partial charge in [0.15, 0.2) is 0 Å². The molecule has 1 aliphatic heterocycles. The molecule has 0 aliphatic carbocycles. The Hall–Kier alpha value is -4.26. The smallest absolute Gasteiger partial charge is 0.251 e. The third-order valence-corrected chi connectivity index (χ3v) is 6.70. The number of fused-ring (bicyclic) bond motifs is 1. The normalized spacial score (nSPS) is 13.8. The van der Waals surface area contributed by atoms with Crippen molar-refractivity contribution in [3.8, 4) is 17.3 Å². The summed E-state index contributed by atoms with van der Waals surface area (Å²) in [6.07, 6.45) is 5.15. The SMILES string of the molecule is N#Cc1c[nH]c2ccc(CCNC(=O)c3ccc(-c4ccnc(NCCCN5CCOCC5)n4)cc3)cc12. The minimum absolute atomic E-state index is 0.123. The molecule has 5 rings (SSSR count). The highest BCUT2D eigenvalue weighted by molar-refractivity contribution is 5.94. The Labute approximate surface area is 221 Å². The molecule has 9 heteroatoms. The Morgan fingerprint density at radius 1 is 1.11 bits per heavy atom. The fourth-order valence-corrected chi connectivity index (χ4v) is 4.56. The number of nitrogens with zero attached hydrogens (tertiary/aromatic N) is 4. The van der Waals surface area contributed by atoms with Gasteiger partial charge in [-0.05, 0) is 55.3 Å². The van der Waals surface area contributed by atoms with E-state index in [1.807, 2.05) is 48.5 Å². The van der Waals surface area contributed by atoms with Crippen molar-refractivity contribution in [2.24, 2.45) is 0 Å². The van der Waals surface area contributed by atoms with Crippen molar-refractivity contribution in [3.63, 3.8) is 0 Å². The Kier molecular flexibility index (Phi) is 8.23. The van der Waals surface area contributed by atoms with Gasteiger partial charge in [-0.25, -0.2) is 9.97 Å². The van der Waals surface area contributed by atoms with Gasteiger partial charge in [0.05, 0.1) is 24.5 Å². The van der Waals surface area contributed by atoms with Crippen molar-refractivity contribution < 1.29 is 9.53 Å². The van der Waals surface area contributed by atoms with Gasteiger partial charge in [-0.3, -0.25) is 9.69 Å². The van der Waals surface area contributed by atoms with Gasteiger partial charge in [0.2, 0.25) is 5.95 Å². The molecule has 9 nitrogen and oxygen atoms in total. The number of morpholine rings is 1. The summed E-state index contributed by atoms with van der Waals surface area (Å²) in [6, 6.07) is 17.5. The summed E-state index contributed by atoms with van der Waals surface area (Å²) in [6.45, 7) is 5.96. The van der Waals surface area contributed by atoms with Crippen molar-refractivity contribution in [2.75, 3.05) is 51.3 Å².